The van der Waals surface area contributed by atoms with Crippen molar-refractivity contribution in [2.45, 2.75) is 39.5 Å². The Bertz CT molecular complexity index is 858. The van der Waals surface area contributed by atoms with Gasteiger partial charge < -0.3 is 5.32 Å². The molecule has 7 heteroatoms. The lowest BCUT2D eigenvalue weighted by molar-refractivity contribution is 0.103. The normalized spacial score (nSPS) is 11.8. The second-order valence-corrected chi connectivity index (χ2v) is 8.81. The number of sulfonamides is 1. The van der Waals surface area contributed by atoms with Gasteiger partial charge in [0.2, 0.25) is 10.0 Å². The van der Waals surface area contributed by atoms with Crippen molar-refractivity contribution < 1.29 is 13.2 Å². The molecule has 136 valence electrons. The van der Waals surface area contributed by atoms with E-state index in [0.29, 0.717) is 18.0 Å². The number of carbonyl (C=O) groups excluding carboxylic acids is 1. The Morgan fingerprint density at radius 3 is 2.16 bits per heavy atom. The van der Waals surface area contributed by atoms with E-state index in [2.05, 4.69) is 5.32 Å². The summed E-state index contributed by atoms with van der Waals surface area (Å²) in [5, 5.41) is 4.43. The van der Waals surface area contributed by atoms with Gasteiger partial charge in [0.05, 0.1) is 9.77 Å². The van der Waals surface area contributed by atoms with E-state index < -0.39 is 10.0 Å². The first-order chi connectivity index (χ1) is 11.7. The Morgan fingerprint density at radius 1 is 1.08 bits per heavy atom. The third-order valence-corrected chi connectivity index (χ3v) is 7.16. The first-order valence-electron chi connectivity index (χ1n) is 8.18. The van der Waals surface area contributed by atoms with Crippen molar-refractivity contribution >= 4 is 33.0 Å². The van der Waals surface area contributed by atoms with Crippen LogP contribution in [0.25, 0.3) is 0 Å². The summed E-state index contributed by atoms with van der Waals surface area (Å²) in [6.45, 7) is 10.3. The molecular weight excluding hydrogens is 356 g/mol. The third kappa shape index (κ3) is 4.11. The Balaban J connectivity index is 2.27. The zero-order valence-electron chi connectivity index (χ0n) is 15.2. The number of hydrogen-bond acceptors (Lipinski definition) is 4. The molecule has 0 aliphatic heterocycles. The highest BCUT2D eigenvalue weighted by atomic mass is 32.2. The second-order valence-electron chi connectivity index (χ2n) is 5.96. The fourth-order valence-electron chi connectivity index (χ4n) is 2.84. The van der Waals surface area contributed by atoms with Crippen LogP contribution in [-0.2, 0) is 10.0 Å². The van der Waals surface area contributed by atoms with Crippen LogP contribution >= 0.6 is 11.3 Å². The molecule has 0 bridgehead atoms. The molecule has 0 aliphatic carbocycles. The van der Waals surface area contributed by atoms with E-state index >= 15 is 0 Å². The van der Waals surface area contributed by atoms with Gasteiger partial charge in [-0.15, -0.1) is 11.3 Å². The first kappa shape index (κ1) is 19.6. The Morgan fingerprint density at radius 2 is 1.64 bits per heavy atom. The lowest BCUT2D eigenvalue weighted by atomic mass is 10.1. The highest BCUT2D eigenvalue weighted by Gasteiger charge is 2.24. The predicted octanol–water partition coefficient (Wildman–Crippen LogP) is 3.96. The van der Waals surface area contributed by atoms with E-state index in [0.717, 1.165) is 33.7 Å². The predicted molar refractivity (Wildman–Crippen MR) is 103 cm³/mol. The minimum Gasteiger partial charge on any atom is -0.321 e. The lowest BCUT2D eigenvalue weighted by Gasteiger charge is -2.17. The molecule has 1 amide bonds. The number of nitrogens with one attached hydrogen (secondary N) is 1. The van der Waals surface area contributed by atoms with Crippen molar-refractivity contribution in [3.05, 3.63) is 45.1 Å². The third-order valence-electron chi connectivity index (χ3n) is 4.06. The fourth-order valence-corrected chi connectivity index (χ4v) is 5.45. The van der Waals surface area contributed by atoms with Crippen LogP contribution in [0, 0.1) is 20.8 Å². The van der Waals surface area contributed by atoms with Crippen LogP contribution in [0.3, 0.4) is 0 Å². The van der Waals surface area contributed by atoms with Crippen LogP contribution in [0.4, 0.5) is 5.69 Å². The molecule has 1 aromatic heterocycles. The minimum absolute atomic E-state index is 0.170. The van der Waals surface area contributed by atoms with Crippen LogP contribution in [-0.4, -0.2) is 31.7 Å². The van der Waals surface area contributed by atoms with E-state index in [1.54, 1.807) is 13.8 Å². The van der Waals surface area contributed by atoms with Gasteiger partial charge in [-0.05, 0) is 38.0 Å². The zero-order chi connectivity index (χ0) is 18.8. The molecule has 2 rings (SSSR count). The van der Waals surface area contributed by atoms with E-state index in [9.17, 15) is 13.2 Å². The molecule has 1 heterocycles. The lowest BCUT2D eigenvalue weighted by Crippen LogP contribution is -2.30. The van der Waals surface area contributed by atoms with E-state index in [1.807, 2.05) is 32.9 Å². The fraction of sp³-hybridized carbons (Fsp3) is 0.389. The molecule has 0 atom stereocenters. The molecule has 25 heavy (non-hydrogen) atoms. The van der Waals surface area contributed by atoms with E-state index in [1.165, 1.54) is 15.8 Å². The van der Waals surface area contributed by atoms with Crippen LogP contribution in [0.15, 0.2) is 28.5 Å². The van der Waals surface area contributed by atoms with E-state index in [4.69, 9.17) is 0 Å². The summed E-state index contributed by atoms with van der Waals surface area (Å²) in [6, 6.07) is 5.47. The zero-order valence-corrected chi connectivity index (χ0v) is 16.8. The van der Waals surface area contributed by atoms with Gasteiger partial charge >= 0.3 is 0 Å². The van der Waals surface area contributed by atoms with Crippen LogP contribution in [0.5, 0.6) is 0 Å². The summed E-state index contributed by atoms with van der Waals surface area (Å²) in [4.78, 5) is 13.1. The van der Waals surface area contributed by atoms with Crippen molar-refractivity contribution in [2.75, 3.05) is 18.4 Å². The van der Waals surface area contributed by atoms with Crippen LogP contribution < -0.4 is 5.32 Å². The summed E-state index contributed by atoms with van der Waals surface area (Å²) < 4.78 is 26.5. The molecule has 0 aliphatic rings. The number of rotatable bonds is 6. The van der Waals surface area contributed by atoms with Gasteiger partial charge in [0, 0.05) is 24.2 Å². The molecule has 5 nitrogen and oxygen atoms in total. The summed E-state index contributed by atoms with van der Waals surface area (Å²) >= 11 is 1.14. The van der Waals surface area contributed by atoms with Crippen molar-refractivity contribution in [1.82, 2.24) is 4.31 Å². The quantitative estimate of drug-likeness (QED) is 0.825. The number of benzene rings is 1. The molecule has 0 saturated heterocycles. The van der Waals surface area contributed by atoms with Gasteiger partial charge in [0.15, 0.2) is 0 Å². The summed E-state index contributed by atoms with van der Waals surface area (Å²) in [5.74, 6) is -0.291. The number of nitrogens with zero attached hydrogens (tertiary/aromatic N) is 1. The van der Waals surface area contributed by atoms with Gasteiger partial charge in [0.25, 0.3) is 5.91 Å². The monoisotopic (exact) mass is 380 g/mol. The summed E-state index contributed by atoms with van der Waals surface area (Å²) in [7, 11) is -3.54. The summed E-state index contributed by atoms with van der Waals surface area (Å²) in [6.07, 6.45) is 0. The number of carbonyl (C=O) groups is 1. The van der Waals surface area contributed by atoms with Crippen molar-refractivity contribution in [1.29, 1.82) is 0 Å². The van der Waals surface area contributed by atoms with E-state index in [-0.39, 0.29) is 10.8 Å². The Hall–Kier alpha value is -1.70. The summed E-state index contributed by atoms with van der Waals surface area (Å²) in [5.41, 5.74) is 3.88. The minimum atomic E-state index is -3.54. The molecule has 1 N–H and O–H groups in total. The average Bonchev–Trinajstić information content (AvgIpc) is 3.02. The molecule has 2 aromatic rings. The average molecular weight is 381 g/mol. The Labute approximate surface area is 153 Å². The number of hydrogen-bond donors (Lipinski definition) is 1. The van der Waals surface area contributed by atoms with Gasteiger partial charge in [0.1, 0.15) is 0 Å². The molecule has 0 fully saturated rings. The van der Waals surface area contributed by atoms with Crippen molar-refractivity contribution in [3.63, 3.8) is 0 Å². The maximum absolute atomic E-state index is 12.5. The number of amides is 1. The smallest absolute Gasteiger partial charge is 0.265 e. The van der Waals surface area contributed by atoms with Gasteiger partial charge in [-0.1, -0.05) is 31.5 Å². The molecule has 0 spiro atoms. The largest absolute Gasteiger partial charge is 0.321 e. The van der Waals surface area contributed by atoms with Gasteiger partial charge in [-0.25, -0.2) is 8.42 Å². The SMILES string of the molecule is CCN(CC)S(=O)(=O)c1csc(C(=O)Nc2c(C)cc(C)cc2C)c1. The van der Waals surface area contributed by atoms with Gasteiger partial charge in [-0.3, -0.25) is 4.79 Å². The van der Waals surface area contributed by atoms with Crippen LogP contribution in [0.2, 0.25) is 0 Å². The highest BCUT2D eigenvalue weighted by molar-refractivity contribution is 7.89. The molecule has 0 radical (unpaired) electrons. The maximum atomic E-state index is 12.5. The topological polar surface area (TPSA) is 66.5 Å². The molecule has 1 aromatic carbocycles. The van der Waals surface area contributed by atoms with Gasteiger partial charge in [-0.2, -0.15) is 4.31 Å². The van der Waals surface area contributed by atoms with Crippen molar-refractivity contribution in [2.24, 2.45) is 0 Å². The first-order valence-corrected chi connectivity index (χ1v) is 10.5. The number of thiophene rings is 1. The number of aryl methyl sites for hydroxylation is 3. The highest BCUT2D eigenvalue weighted by Crippen LogP contribution is 2.26. The standard InChI is InChI=1S/C18H24N2O3S2/c1-6-20(7-2)25(22,23)15-10-16(24-11-15)18(21)19-17-13(4)8-12(3)9-14(17)5/h8-11H,6-7H2,1-5H3,(H,19,21). The molecular formula is C18H24N2O3S2. The van der Waals surface area contributed by atoms with Crippen LogP contribution in [0.1, 0.15) is 40.2 Å². The maximum Gasteiger partial charge on any atom is 0.265 e. The molecule has 0 unspecified atom stereocenters. The Kier molecular flexibility index (Phi) is 6.03. The number of anilines is 1. The molecule has 0 saturated carbocycles. The second kappa shape index (κ2) is 7.68. The van der Waals surface area contributed by atoms with Crippen molar-refractivity contribution in [3.8, 4) is 0 Å².